The fraction of sp³-hybridized carbons (Fsp3) is 0.222. The molecule has 1 aliphatic rings. The van der Waals surface area contributed by atoms with E-state index in [4.69, 9.17) is 18.9 Å². The second-order valence-corrected chi connectivity index (χ2v) is 5.32. The van der Waals surface area contributed by atoms with Crippen LogP contribution in [0.25, 0.3) is 0 Å². The van der Waals surface area contributed by atoms with E-state index in [0.717, 1.165) is 0 Å². The monoisotopic (exact) mass is 358 g/mol. The summed E-state index contributed by atoms with van der Waals surface area (Å²) in [6.45, 7) is 0.273. The molecular formula is C18H18N2O6. The van der Waals surface area contributed by atoms with Crippen molar-refractivity contribution in [3.63, 3.8) is 0 Å². The van der Waals surface area contributed by atoms with Crippen molar-refractivity contribution < 1.29 is 28.5 Å². The first kappa shape index (κ1) is 17.4. The van der Waals surface area contributed by atoms with Crippen molar-refractivity contribution >= 4 is 11.8 Å². The topological polar surface area (TPSA) is 95.1 Å². The molecule has 1 aliphatic heterocycles. The van der Waals surface area contributed by atoms with Gasteiger partial charge in [-0.05, 0) is 30.3 Å². The molecule has 0 spiro atoms. The molecule has 0 aliphatic carbocycles. The summed E-state index contributed by atoms with van der Waals surface area (Å²) in [5.41, 5.74) is 5.03. The minimum atomic E-state index is -0.456. The van der Waals surface area contributed by atoms with Gasteiger partial charge in [0, 0.05) is 5.56 Å². The highest BCUT2D eigenvalue weighted by molar-refractivity contribution is 5.96. The lowest BCUT2D eigenvalue weighted by Gasteiger charge is -2.11. The van der Waals surface area contributed by atoms with Gasteiger partial charge in [0.2, 0.25) is 12.7 Å². The minimum Gasteiger partial charge on any atom is -0.493 e. The van der Waals surface area contributed by atoms with Crippen LogP contribution in [-0.2, 0) is 4.79 Å². The standard InChI is InChI=1S/C18H18N2O6/c1-23-13-4-2-3-5-14(13)24-9-8-17(21)19-20-18(22)12-6-7-15-16(10-12)26-11-25-15/h2-7,10H,8-9,11H2,1H3,(H,19,21)(H,20,22). The third kappa shape index (κ3) is 4.15. The van der Waals surface area contributed by atoms with Crippen LogP contribution in [0.15, 0.2) is 42.5 Å². The fourth-order valence-electron chi connectivity index (χ4n) is 2.29. The summed E-state index contributed by atoms with van der Waals surface area (Å²) in [5, 5.41) is 0. The predicted molar refractivity (Wildman–Crippen MR) is 91.3 cm³/mol. The summed E-state index contributed by atoms with van der Waals surface area (Å²) in [5.74, 6) is 1.38. The molecule has 136 valence electrons. The van der Waals surface area contributed by atoms with Gasteiger partial charge in [0.15, 0.2) is 23.0 Å². The number of rotatable bonds is 6. The second-order valence-electron chi connectivity index (χ2n) is 5.32. The molecule has 0 unspecified atom stereocenters. The molecule has 0 atom stereocenters. The number of para-hydroxylation sites is 2. The Morgan fingerprint density at radius 3 is 2.62 bits per heavy atom. The maximum Gasteiger partial charge on any atom is 0.269 e. The summed E-state index contributed by atoms with van der Waals surface area (Å²) in [7, 11) is 1.54. The minimum absolute atomic E-state index is 0.0689. The molecule has 0 bridgehead atoms. The van der Waals surface area contributed by atoms with Crippen molar-refractivity contribution in [2.24, 2.45) is 0 Å². The number of carbonyl (C=O) groups is 2. The van der Waals surface area contributed by atoms with Gasteiger partial charge in [-0.15, -0.1) is 0 Å². The number of hydrogen-bond acceptors (Lipinski definition) is 6. The highest BCUT2D eigenvalue weighted by atomic mass is 16.7. The van der Waals surface area contributed by atoms with Gasteiger partial charge in [0.05, 0.1) is 20.1 Å². The number of ether oxygens (including phenoxy) is 4. The zero-order valence-electron chi connectivity index (χ0n) is 14.1. The molecule has 0 saturated carbocycles. The Balaban J connectivity index is 1.43. The molecule has 26 heavy (non-hydrogen) atoms. The molecule has 0 saturated heterocycles. The lowest BCUT2D eigenvalue weighted by atomic mass is 10.2. The third-order valence-electron chi connectivity index (χ3n) is 3.61. The Bertz CT molecular complexity index is 808. The average molecular weight is 358 g/mol. The van der Waals surface area contributed by atoms with Crippen molar-refractivity contribution in [3.05, 3.63) is 48.0 Å². The van der Waals surface area contributed by atoms with Gasteiger partial charge in [0.25, 0.3) is 5.91 Å². The van der Waals surface area contributed by atoms with Gasteiger partial charge in [0.1, 0.15) is 0 Å². The number of hydrogen-bond donors (Lipinski definition) is 2. The smallest absolute Gasteiger partial charge is 0.269 e. The van der Waals surface area contributed by atoms with E-state index >= 15 is 0 Å². The van der Waals surface area contributed by atoms with Crippen LogP contribution in [0.1, 0.15) is 16.8 Å². The number of fused-ring (bicyclic) bond motifs is 1. The van der Waals surface area contributed by atoms with Gasteiger partial charge in [-0.1, -0.05) is 12.1 Å². The molecule has 2 amide bonds. The maximum absolute atomic E-state index is 12.1. The molecule has 2 aromatic rings. The molecule has 0 aromatic heterocycles. The first-order valence-electron chi connectivity index (χ1n) is 7.92. The van der Waals surface area contributed by atoms with Crippen LogP contribution in [0.3, 0.4) is 0 Å². The quantitative estimate of drug-likeness (QED) is 0.763. The van der Waals surface area contributed by atoms with Crippen LogP contribution in [0.5, 0.6) is 23.0 Å². The van der Waals surface area contributed by atoms with Crippen molar-refractivity contribution in [2.75, 3.05) is 20.5 Å². The average Bonchev–Trinajstić information content (AvgIpc) is 3.14. The first-order chi connectivity index (χ1) is 12.7. The Morgan fingerprint density at radius 2 is 1.81 bits per heavy atom. The van der Waals surface area contributed by atoms with Crippen molar-refractivity contribution in [2.45, 2.75) is 6.42 Å². The maximum atomic E-state index is 12.1. The van der Waals surface area contributed by atoms with E-state index in [9.17, 15) is 9.59 Å². The molecule has 0 fully saturated rings. The zero-order valence-corrected chi connectivity index (χ0v) is 14.1. The van der Waals surface area contributed by atoms with E-state index in [1.807, 2.05) is 12.1 Å². The molecule has 2 aromatic carbocycles. The van der Waals surface area contributed by atoms with E-state index in [2.05, 4.69) is 10.9 Å². The molecular weight excluding hydrogens is 340 g/mol. The Kier molecular flexibility index (Phi) is 5.43. The number of methoxy groups -OCH3 is 1. The van der Waals surface area contributed by atoms with Crippen LogP contribution in [0, 0.1) is 0 Å². The van der Waals surface area contributed by atoms with Crippen molar-refractivity contribution in [3.8, 4) is 23.0 Å². The summed E-state index contributed by atoms with van der Waals surface area (Å²) in [4.78, 5) is 23.9. The largest absolute Gasteiger partial charge is 0.493 e. The van der Waals surface area contributed by atoms with Crippen LogP contribution in [-0.4, -0.2) is 32.3 Å². The number of hydrazine groups is 1. The summed E-state index contributed by atoms with van der Waals surface area (Å²) in [6.07, 6.45) is 0.0689. The lowest BCUT2D eigenvalue weighted by molar-refractivity contribution is -0.122. The predicted octanol–water partition coefficient (Wildman–Crippen LogP) is 1.65. The lowest BCUT2D eigenvalue weighted by Crippen LogP contribution is -2.42. The number of benzene rings is 2. The second kappa shape index (κ2) is 8.11. The Hall–Kier alpha value is -3.42. The zero-order chi connectivity index (χ0) is 18.4. The molecule has 8 heteroatoms. The van der Waals surface area contributed by atoms with Crippen molar-refractivity contribution in [1.82, 2.24) is 10.9 Å². The number of amides is 2. The summed E-state index contributed by atoms with van der Waals surface area (Å²) >= 11 is 0. The normalized spacial score (nSPS) is 11.6. The Morgan fingerprint density at radius 1 is 1.04 bits per heavy atom. The molecule has 0 radical (unpaired) electrons. The fourth-order valence-corrected chi connectivity index (χ4v) is 2.29. The Labute approximate surface area is 150 Å². The highest BCUT2D eigenvalue weighted by Crippen LogP contribution is 2.32. The van der Waals surface area contributed by atoms with Crippen LogP contribution in [0.4, 0.5) is 0 Å². The molecule has 8 nitrogen and oxygen atoms in total. The molecule has 3 rings (SSSR count). The van der Waals surface area contributed by atoms with Gasteiger partial charge < -0.3 is 18.9 Å². The van der Waals surface area contributed by atoms with E-state index in [-0.39, 0.29) is 25.7 Å². The highest BCUT2D eigenvalue weighted by Gasteiger charge is 2.16. The molecule has 1 heterocycles. The van der Waals surface area contributed by atoms with Gasteiger partial charge in [-0.2, -0.15) is 0 Å². The van der Waals surface area contributed by atoms with Gasteiger partial charge in [-0.25, -0.2) is 0 Å². The van der Waals surface area contributed by atoms with Crippen LogP contribution >= 0.6 is 0 Å². The number of carbonyl (C=O) groups excluding carboxylic acids is 2. The van der Waals surface area contributed by atoms with E-state index in [0.29, 0.717) is 28.6 Å². The third-order valence-corrected chi connectivity index (χ3v) is 3.61. The summed E-state index contributed by atoms with van der Waals surface area (Å²) in [6, 6.07) is 11.9. The molecule has 2 N–H and O–H groups in total. The SMILES string of the molecule is COc1ccccc1OCCC(=O)NNC(=O)c1ccc2c(c1)OCO2. The first-order valence-corrected chi connectivity index (χ1v) is 7.92. The van der Waals surface area contributed by atoms with Crippen molar-refractivity contribution in [1.29, 1.82) is 0 Å². The van der Waals surface area contributed by atoms with E-state index < -0.39 is 5.91 Å². The van der Waals surface area contributed by atoms with Gasteiger partial charge in [-0.3, -0.25) is 20.4 Å². The van der Waals surface area contributed by atoms with Gasteiger partial charge >= 0.3 is 0 Å². The number of nitrogens with one attached hydrogen (secondary N) is 2. The van der Waals surface area contributed by atoms with Crippen LogP contribution in [0.2, 0.25) is 0 Å². The summed E-state index contributed by atoms with van der Waals surface area (Å²) < 4.78 is 21.1. The van der Waals surface area contributed by atoms with Crippen LogP contribution < -0.4 is 29.8 Å². The van der Waals surface area contributed by atoms with E-state index in [1.165, 1.54) is 0 Å². The van der Waals surface area contributed by atoms with E-state index in [1.54, 1.807) is 37.4 Å².